The van der Waals surface area contributed by atoms with Crippen molar-refractivity contribution in [1.82, 2.24) is 15.2 Å². The first-order valence-corrected chi connectivity index (χ1v) is 10.4. The maximum absolute atomic E-state index is 13.5. The number of urea groups is 1. The molecule has 0 radical (unpaired) electrons. The lowest BCUT2D eigenvalue weighted by Crippen LogP contribution is -2.45. The van der Waals surface area contributed by atoms with E-state index >= 15 is 0 Å². The molecule has 0 bridgehead atoms. The molecule has 1 aliphatic rings. The molecule has 0 saturated carbocycles. The second kappa shape index (κ2) is 9.29. The summed E-state index contributed by atoms with van der Waals surface area (Å²) in [6, 6.07) is 11.5. The number of halogens is 1. The predicted octanol–water partition coefficient (Wildman–Crippen LogP) is 4.17. The molecule has 0 aromatic heterocycles. The fourth-order valence-electron chi connectivity index (χ4n) is 3.48. The number of hydrogen-bond donors (Lipinski definition) is 1. The highest BCUT2D eigenvalue weighted by Gasteiger charge is 2.34. The van der Waals surface area contributed by atoms with E-state index in [1.165, 1.54) is 27.6 Å². The summed E-state index contributed by atoms with van der Waals surface area (Å²) in [5.41, 5.74) is 4.87. The quantitative estimate of drug-likeness (QED) is 0.783. The van der Waals surface area contributed by atoms with Crippen LogP contribution in [0.5, 0.6) is 0 Å². The SMILES string of the molecule is Cc1ccc(C2=NN(C(=O)CN(C)C(=O)NC(C)C)C(c3ccc(F)cc3)C2)cc1C. The van der Waals surface area contributed by atoms with E-state index in [9.17, 15) is 14.0 Å². The zero-order valence-electron chi connectivity index (χ0n) is 18.6. The van der Waals surface area contributed by atoms with Crippen LogP contribution in [-0.2, 0) is 4.79 Å². The van der Waals surface area contributed by atoms with Crippen LogP contribution in [0.15, 0.2) is 47.6 Å². The molecule has 1 aliphatic heterocycles. The van der Waals surface area contributed by atoms with E-state index in [2.05, 4.69) is 16.5 Å². The number of carbonyl (C=O) groups excluding carboxylic acids is 2. The van der Waals surface area contributed by atoms with Crippen LogP contribution in [0, 0.1) is 19.7 Å². The lowest BCUT2D eigenvalue weighted by Gasteiger charge is -2.25. The maximum Gasteiger partial charge on any atom is 0.317 e. The van der Waals surface area contributed by atoms with E-state index in [4.69, 9.17) is 0 Å². The Kier molecular flexibility index (Phi) is 6.73. The Morgan fingerprint density at radius 3 is 2.45 bits per heavy atom. The van der Waals surface area contributed by atoms with Crippen molar-refractivity contribution < 1.29 is 14.0 Å². The van der Waals surface area contributed by atoms with E-state index in [-0.39, 0.29) is 36.4 Å². The number of nitrogens with zero attached hydrogens (tertiary/aromatic N) is 3. The molecule has 1 heterocycles. The van der Waals surface area contributed by atoms with E-state index in [0.717, 1.165) is 22.4 Å². The Labute approximate surface area is 182 Å². The number of hydrogen-bond acceptors (Lipinski definition) is 3. The number of benzene rings is 2. The number of likely N-dealkylation sites (N-methyl/N-ethyl adjacent to an activating group) is 1. The van der Waals surface area contributed by atoms with Gasteiger partial charge < -0.3 is 10.2 Å². The molecule has 2 aromatic carbocycles. The normalized spacial score (nSPS) is 15.8. The summed E-state index contributed by atoms with van der Waals surface area (Å²) in [7, 11) is 1.58. The molecule has 6 nitrogen and oxygen atoms in total. The molecule has 0 aliphatic carbocycles. The minimum Gasteiger partial charge on any atom is -0.336 e. The molecule has 0 saturated heterocycles. The van der Waals surface area contributed by atoms with Gasteiger partial charge in [0.25, 0.3) is 5.91 Å². The van der Waals surface area contributed by atoms with E-state index in [1.807, 2.05) is 39.8 Å². The van der Waals surface area contributed by atoms with E-state index < -0.39 is 0 Å². The lowest BCUT2D eigenvalue weighted by atomic mass is 9.96. The summed E-state index contributed by atoms with van der Waals surface area (Å²) in [6.45, 7) is 7.69. The first kappa shape index (κ1) is 22.5. The third-order valence-electron chi connectivity index (χ3n) is 5.39. The maximum atomic E-state index is 13.5. The minimum atomic E-state index is -0.355. The van der Waals surface area contributed by atoms with Crippen molar-refractivity contribution in [3.8, 4) is 0 Å². The number of aryl methyl sites for hydroxylation is 2. The number of nitrogens with one attached hydrogen (secondary N) is 1. The van der Waals surface area contributed by atoms with Crippen molar-refractivity contribution in [1.29, 1.82) is 0 Å². The number of hydrazone groups is 1. The number of carbonyl (C=O) groups is 2. The topological polar surface area (TPSA) is 65.0 Å². The Balaban J connectivity index is 1.88. The van der Waals surface area contributed by atoms with Gasteiger partial charge in [-0.15, -0.1) is 0 Å². The highest BCUT2D eigenvalue weighted by molar-refractivity contribution is 6.03. The van der Waals surface area contributed by atoms with Crippen LogP contribution in [0.2, 0.25) is 0 Å². The van der Waals surface area contributed by atoms with Gasteiger partial charge in [-0.1, -0.05) is 24.3 Å². The molecule has 3 rings (SSSR count). The summed E-state index contributed by atoms with van der Waals surface area (Å²) in [4.78, 5) is 26.7. The number of rotatable bonds is 5. The second-order valence-corrected chi connectivity index (χ2v) is 8.32. The average molecular weight is 425 g/mol. The van der Waals surface area contributed by atoms with Gasteiger partial charge in [0.15, 0.2) is 0 Å². The van der Waals surface area contributed by atoms with E-state index in [0.29, 0.717) is 6.42 Å². The van der Waals surface area contributed by atoms with E-state index in [1.54, 1.807) is 19.2 Å². The van der Waals surface area contributed by atoms with Gasteiger partial charge in [0.2, 0.25) is 0 Å². The van der Waals surface area contributed by atoms with Gasteiger partial charge in [-0.3, -0.25) is 4.79 Å². The molecule has 31 heavy (non-hydrogen) atoms. The van der Waals surface area contributed by atoms with Crippen molar-refractivity contribution in [2.75, 3.05) is 13.6 Å². The van der Waals surface area contributed by atoms with Crippen LogP contribution in [0.1, 0.15) is 48.6 Å². The van der Waals surface area contributed by atoms with Crippen LogP contribution in [0.25, 0.3) is 0 Å². The highest BCUT2D eigenvalue weighted by Crippen LogP contribution is 2.33. The minimum absolute atomic E-state index is 0.0294. The Bertz CT molecular complexity index is 1000. The molecule has 1 atom stereocenters. The van der Waals surface area contributed by atoms with Gasteiger partial charge in [0.05, 0.1) is 11.8 Å². The first-order valence-electron chi connectivity index (χ1n) is 10.4. The first-order chi connectivity index (χ1) is 14.7. The van der Waals surface area contributed by atoms with Crippen LogP contribution in [0.4, 0.5) is 9.18 Å². The molecule has 2 aromatic rings. The van der Waals surface area contributed by atoms with Crippen LogP contribution < -0.4 is 5.32 Å². The van der Waals surface area contributed by atoms with Crippen molar-refractivity contribution in [2.24, 2.45) is 5.10 Å². The molecule has 0 spiro atoms. The third-order valence-corrected chi connectivity index (χ3v) is 5.39. The van der Waals surface area contributed by atoms with Crippen molar-refractivity contribution in [2.45, 2.75) is 46.2 Å². The molecule has 3 amide bonds. The summed E-state index contributed by atoms with van der Waals surface area (Å²) < 4.78 is 13.5. The lowest BCUT2D eigenvalue weighted by molar-refractivity contribution is -0.133. The van der Waals surface area contributed by atoms with Gasteiger partial charge in [-0.2, -0.15) is 5.10 Å². The Morgan fingerprint density at radius 1 is 1.16 bits per heavy atom. The predicted molar refractivity (Wildman–Crippen MR) is 119 cm³/mol. The van der Waals surface area contributed by atoms with Gasteiger partial charge in [0, 0.05) is 19.5 Å². The zero-order chi connectivity index (χ0) is 22.7. The fraction of sp³-hybridized carbons (Fsp3) is 0.375. The van der Waals surface area contributed by atoms with Crippen molar-refractivity contribution >= 4 is 17.6 Å². The smallest absolute Gasteiger partial charge is 0.317 e. The zero-order valence-corrected chi connectivity index (χ0v) is 18.6. The molecule has 164 valence electrons. The monoisotopic (exact) mass is 424 g/mol. The fourth-order valence-corrected chi connectivity index (χ4v) is 3.48. The summed E-state index contributed by atoms with van der Waals surface area (Å²) in [5.74, 6) is -0.630. The van der Waals surface area contributed by atoms with Crippen molar-refractivity contribution in [3.05, 3.63) is 70.5 Å². The molecular weight excluding hydrogens is 395 g/mol. The Hall–Kier alpha value is -3.22. The summed E-state index contributed by atoms with van der Waals surface area (Å²) in [5, 5.41) is 8.83. The number of amides is 3. The van der Waals surface area contributed by atoms with Crippen molar-refractivity contribution in [3.63, 3.8) is 0 Å². The average Bonchev–Trinajstić information content (AvgIpc) is 3.15. The van der Waals surface area contributed by atoms with Gasteiger partial charge >= 0.3 is 6.03 Å². The van der Waals surface area contributed by atoms with Crippen LogP contribution in [0.3, 0.4) is 0 Å². The molecule has 7 heteroatoms. The van der Waals surface area contributed by atoms with Crippen LogP contribution >= 0.6 is 0 Å². The molecule has 1 unspecified atom stereocenters. The van der Waals surface area contributed by atoms with Gasteiger partial charge in [0.1, 0.15) is 12.4 Å². The third kappa shape index (κ3) is 5.29. The Morgan fingerprint density at radius 2 is 1.84 bits per heavy atom. The van der Waals surface area contributed by atoms with Gasteiger partial charge in [-0.05, 0) is 68.1 Å². The molecule has 1 N–H and O–H groups in total. The summed E-state index contributed by atoms with van der Waals surface area (Å²) in [6.07, 6.45) is 0.516. The largest absolute Gasteiger partial charge is 0.336 e. The standard InChI is InChI=1S/C24H29FN4O2/c1-15(2)26-24(31)28(5)14-23(30)29-22(18-8-10-20(25)11-9-18)13-21(27-29)19-7-6-16(3)17(4)12-19/h6-12,15,22H,13-14H2,1-5H3,(H,26,31). The summed E-state index contributed by atoms with van der Waals surface area (Å²) >= 11 is 0. The van der Waals surface area contributed by atoms with Crippen LogP contribution in [-0.4, -0.2) is 47.2 Å². The highest BCUT2D eigenvalue weighted by atomic mass is 19.1. The second-order valence-electron chi connectivity index (χ2n) is 8.32. The molecular formula is C24H29FN4O2. The molecule has 0 fully saturated rings. The van der Waals surface area contributed by atoms with Gasteiger partial charge in [-0.25, -0.2) is 14.2 Å².